The summed E-state index contributed by atoms with van der Waals surface area (Å²) < 4.78 is 0. The summed E-state index contributed by atoms with van der Waals surface area (Å²) in [6.45, 7) is 0. The van der Waals surface area contributed by atoms with Gasteiger partial charge in [0.15, 0.2) is 0 Å². The van der Waals surface area contributed by atoms with Crippen molar-refractivity contribution in [1.29, 1.82) is 0 Å². The zero-order chi connectivity index (χ0) is 13.0. The van der Waals surface area contributed by atoms with Crippen LogP contribution in [0.4, 0.5) is 5.69 Å². The SMILES string of the molecule is CNC(Cc1ccccc1[N+](=O)[O-])C1CCCC1. The van der Waals surface area contributed by atoms with Gasteiger partial charge in [-0.2, -0.15) is 0 Å². The Kier molecular flexibility index (Phi) is 4.31. The summed E-state index contributed by atoms with van der Waals surface area (Å²) in [5.41, 5.74) is 1.09. The lowest BCUT2D eigenvalue weighted by Crippen LogP contribution is -2.34. The van der Waals surface area contributed by atoms with E-state index in [9.17, 15) is 10.1 Å². The molecule has 1 saturated carbocycles. The Hall–Kier alpha value is -1.42. The molecule has 2 rings (SSSR count). The summed E-state index contributed by atoms with van der Waals surface area (Å²) in [6, 6.07) is 7.43. The first-order chi connectivity index (χ1) is 8.72. The van der Waals surface area contributed by atoms with Crippen molar-refractivity contribution >= 4 is 5.69 Å². The van der Waals surface area contributed by atoms with Gasteiger partial charge in [0.2, 0.25) is 0 Å². The van der Waals surface area contributed by atoms with Gasteiger partial charge in [0, 0.05) is 17.7 Å². The lowest BCUT2D eigenvalue weighted by Gasteiger charge is -2.22. The van der Waals surface area contributed by atoms with E-state index in [1.165, 1.54) is 25.7 Å². The first kappa shape index (κ1) is 13.0. The van der Waals surface area contributed by atoms with Crippen LogP contribution in [-0.4, -0.2) is 18.0 Å². The highest BCUT2D eigenvalue weighted by molar-refractivity contribution is 5.40. The number of nitrogens with one attached hydrogen (secondary N) is 1. The summed E-state index contributed by atoms with van der Waals surface area (Å²) >= 11 is 0. The van der Waals surface area contributed by atoms with Crippen LogP contribution in [0.5, 0.6) is 0 Å². The van der Waals surface area contributed by atoms with Gasteiger partial charge in [-0.05, 0) is 32.2 Å². The molecule has 1 fully saturated rings. The molecule has 4 nitrogen and oxygen atoms in total. The Bertz CT molecular complexity index is 414. The Morgan fingerprint density at radius 2 is 2.06 bits per heavy atom. The number of hydrogen-bond acceptors (Lipinski definition) is 3. The predicted molar refractivity (Wildman–Crippen MR) is 71.6 cm³/mol. The first-order valence-electron chi connectivity index (χ1n) is 6.62. The molecule has 0 aliphatic heterocycles. The Morgan fingerprint density at radius 1 is 1.39 bits per heavy atom. The smallest absolute Gasteiger partial charge is 0.272 e. The highest BCUT2D eigenvalue weighted by Gasteiger charge is 2.26. The van der Waals surface area contributed by atoms with Crippen LogP contribution < -0.4 is 5.32 Å². The van der Waals surface area contributed by atoms with Gasteiger partial charge in [-0.3, -0.25) is 10.1 Å². The minimum absolute atomic E-state index is 0.246. The van der Waals surface area contributed by atoms with Crippen molar-refractivity contribution in [2.45, 2.75) is 38.1 Å². The van der Waals surface area contributed by atoms with Gasteiger partial charge in [-0.25, -0.2) is 0 Å². The number of nitrogens with zero attached hydrogens (tertiary/aromatic N) is 1. The lowest BCUT2D eigenvalue weighted by molar-refractivity contribution is -0.385. The maximum absolute atomic E-state index is 11.0. The molecule has 1 aromatic rings. The summed E-state index contributed by atoms with van der Waals surface area (Å²) in [6.07, 6.45) is 5.82. The number of rotatable bonds is 5. The number of nitro groups is 1. The first-order valence-corrected chi connectivity index (χ1v) is 6.62. The molecule has 0 saturated heterocycles. The van der Waals surface area contributed by atoms with Crippen molar-refractivity contribution in [2.24, 2.45) is 5.92 Å². The standard InChI is InChI=1S/C14H20N2O2/c1-15-13(11-6-2-3-7-11)10-12-8-4-5-9-14(12)16(17)18/h4-5,8-9,11,13,15H,2-3,6-7,10H2,1H3. The lowest BCUT2D eigenvalue weighted by atomic mass is 9.92. The molecule has 1 aromatic carbocycles. The van der Waals surface area contributed by atoms with Crippen LogP contribution in [0.25, 0.3) is 0 Å². The van der Waals surface area contributed by atoms with Gasteiger partial charge >= 0.3 is 0 Å². The van der Waals surface area contributed by atoms with E-state index in [1.807, 2.05) is 19.2 Å². The molecule has 1 atom stereocenters. The van der Waals surface area contributed by atoms with E-state index in [0.717, 1.165) is 12.0 Å². The van der Waals surface area contributed by atoms with E-state index in [2.05, 4.69) is 5.32 Å². The van der Waals surface area contributed by atoms with Crippen LogP contribution in [0.15, 0.2) is 24.3 Å². The van der Waals surface area contributed by atoms with E-state index in [-0.39, 0.29) is 10.6 Å². The maximum Gasteiger partial charge on any atom is 0.272 e. The average Bonchev–Trinajstić information content (AvgIpc) is 2.90. The van der Waals surface area contributed by atoms with Gasteiger partial charge in [0.1, 0.15) is 0 Å². The molecule has 1 aliphatic carbocycles. The minimum Gasteiger partial charge on any atom is -0.316 e. The van der Waals surface area contributed by atoms with Crippen molar-refractivity contribution < 1.29 is 4.92 Å². The van der Waals surface area contributed by atoms with E-state index >= 15 is 0 Å². The number of likely N-dealkylation sites (N-methyl/N-ethyl adjacent to an activating group) is 1. The van der Waals surface area contributed by atoms with Crippen molar-refractivity contribution in [2.75, 3.05) is 7.05 Å². The fourth-order valence-electron chi connectivity index (χ4n) is 2.96. The van der Waals surface area contributed by atoms with Crippen LogP contribution in [0.2, 0.25) is 0 Å². The molecule has 0 aromatic heterocycles. The molecule has 0 radical (unpaired) electrons. The van der Waals surface area contributed by atoms with Gasteiger partial charge < -0.3 is 5.32 Å². The average molecular weight is 248 g/mol. The van der Waals surface area contributed by atoms with Gasteiger partial charge in [-0.15, -0.1) is 0 Å². The fraction of sp³-hybridized carbons (Fsp3) is 0.571. The summed E-state index contributed by atoms with van der Waals surface area (Å²) in [5.74, 6) is 0.662. The van der Waals surface area contributed by atoms with Crippen molar-refractivity contribution in [3.63, 3.8) is 0 Å². The molecule has 0 spiro atoms. The van der Waals surface area contributed by atoms with Crippen molar-refractivity contribution in [3.05, 3.63) is 39.9 Å². The molecule has 4 heteroatoms. The Morgan fingerprint density at radius 3 is 2.67 bits per heavy atom. The summed E-state index contributed by atoms with van der Waals surface area (Å²) in [4.78, 5) is 10.7. The van der Waals surface area contributed by atoms with Gasteiger partial charge in [-0.1, -0.05) is 31.0 Å². The number of nitro benzene ring substituents is 1. The zero-order valence-electron chi connectivity index (χ0n) is 10.8. The second-order valence-electron chi connectivity index (χ2n) is 5.03. The molecule has 1 unspecified atom stereocenters. The topological polar surface area (TPSA) is 55.2 Å². The second kappa shape index (κ2) is 5.96. The molecule has 18 heavy (non-hydrogen) atoms. The van der Waals surface area contributed by atoms with Crippen LogP contribution in [0, 0.1) is 16.0 Å². The van der Waals surface area contributed by atoms with E-state index in [4.69, 9.17) is 0 Å². The van der Waals surface area contributed by atoms with Crippen LogP contribution in [0.3, 0.4) is 0 Å². The molecule has 0 bridgehead atoms. The third-order valence-electron chi connectivity index (χ3n) is 3.97. The number of para-hydroxylation sites is 1. The molecule has 1 aliphatic rings. The number of benzene rings is 1. The molecule has 1 N–H and O–H groups in total. The van der Waals surface area contributed by atoms with E-state index in [1.54, 1.807) is 12.1 Å². The highest BCUT2D eigenvalue weighted by Crippen LogP contribution is 2.30. The summed E-state index contributed by atoms with van der Waals surface area (Å²) in [5, 5.41) is 14.3. The Balaban J connectivity index is 2.13. The molecular formula is C14H20N2O2. The van der Waals surface area contributed by atoms with Crippen LogP contribution in [-0.2, 0) is 6.42 Å². The van der Waals surface area contributed by atoms with Crippen LogP contribution >= 0.6 is 0 Å². The quantitative estimate of drug-likeness (QED) is 0.644. The third kappa shape index (κ3) is 2.88. The minimum atomic E-state index is -0.281. The largest absolute Gasteiger partial charge is 0.316 e. The van der Waals surface area contributed by atoms with Gasteiger partial charge in [0.05, 0.1) is 4.92 Å². The maximum atomic E-state index is 11.0. The number of hydrogen-bond donors (Lipinski definition) is 1. The fourth-order valence-corrected chi connectivity index (χ4v) is 2.96. The molecule has 98 valence electrons. The predicted octanol–water partition coefficient (Wildman–Crippen LogP) is 2.92. The van der Waals surface area contributed by atoms with Crippen molar-refractivity contribution in [1.82, 2.24) is 5.32 Å². The normalized spacial score (nSPS) is 17.8. The third-order valence-corrected chi connectivity index (χ3v) is 3.97. The van der Waals surface area contributed by atoms with E-state index < -0.39 is 0 Å². The second-order valence-corrected chi connectivity index (χ2v) is 5.03. The summed E-state index contributed by atoms with van der Waals surface area (Å²) in [7, 11) is 1.96. The zero-order valence-corrected chi connectivity index (χ0v) is 10.8. The monoisotopic (exact) mass is 248 g/mol. The van der Waals surface area contributed by atoms with Gasteiger partial charge in [0.25, 0.3) is 5.69 Å². The highest BCUT2D eigenvalue weighted by atomic mass is 16.6. The molecule has 0 heterocycles. The molecular weight excluding hydrogens is 228 g/mol. The van der Waals surface area contributed by atoms with Crippen LogP contribution in [0.1, 0.15) is 31.2 Å². The van der Waals surface area contributed by atoms with E-state index in [0.29, 0.717) is 12.0 Å². The van der Waals surface area contributed by atoms with Crippen molar-refractivity contribution in [3.8, 4) is 0 Å². The Labute approximate surface area is 108 Å². The molecule has 0 amide bonds.